The summed E-state index contributed by atoms with van der Waals surface area (Å²) < 4.78 is 6.17. The molecule has 20 heavy (non-hydrogen) atoms. The summed E-state index contributed by atoms with van der Waals surface area (Å²) in [7, 11) is 0. The van der Waals surface area contributed by atoms with Gasteiger partial charge >= 0.3 is 5.97 Å². The average Bonchev–Trinajstić information content (AvgIpc) is 2.46. The van der Waals surface area contributed by atoms with Gasteiger partial charge in [-0.25, -0.2) is 4.98 Å². The summed E-state index contributed by atoms with van der Waals surface area (Å²) in [4.78, 5) is 16.6. The minimum Gasteiger partial charge on any atom is -0.460 e. The van der Waals surface area contributed by atoms with Crippen molar-refractivity contribution in [3.05, 3.63) is 57.8 Å². The van der Waals surface area contributed by atoms with E-state index in [0.717, 1.165) is 14.9 Å². The van der Waals surface area contributed by atoms with Crippen LogP contribution in [0.3, 0.4) is 0 Å². The number of carbonyl (C=O) groups excluding carboxylic acids is 1. The summed E-state index contributed by atoms with van der Waals surface area (Å²) in [5, 5.41) is 0.422. The van der Waals surface area contributed by atoms with Gasteiger partial charge in [0.25, 0.3) is 0 Å². The number of pyridine rings is 1. The van der Waals surface area contributed by atoms with Gasteiger partial charge in [0.05, 0.1) is 5.75 Å². The smallest absolute Gasteiger partial charge is 0.316 e. The van der Waals surface area contributed by atoms with Gasteiger partial charge in [0.1, 0.15) is 11.8 Å². The van der Waals surface area contributed by atoms with Crippen molar-refractivity contribution < 1.29 is 9.53 Å². The van der Waals surface area contributed by atoms with Crippen LogP contribution in [0.1, 0.15) is 5.56 Å². The highest BCUT2D eigenvalue weighted by atomic mass is 79.9. The third-order valence-corrected chi connectivity index (χ3v) is 4.10. The Hall–Kier alpha value is -1.04. The van der Waals surface area contributed by atoms with Crippen molar-refractivity contribution in [2.45, 2.75) is 11.5 Å². The van der Waals surface area contributed by atoms with Crippen LogP contribution >= 0.6 is 39.3 Å². The Morgan fingerprint density at radius 1 is 1.25 bits per heavy atom. The lowest BCUT2D eigenvalue weighted by Gasteiger charge is -2.05. The molecule has 0 N–H and O–H groups in total. The number of rotatable bonds is 5. The van der Waals surface area contributed by atoms with Crippen molar-refractivity contribution in [3.63, 3.8) is 0 Å². The van der Waals surface area contributed by atoms with Crippen LogP contribution in [0.25, 0.3) is 0 Å². The molecule has 0 saturated carbocycles. The third-order valence-electron chi connectivity index (χ3n) is 2.36. The summed E-state index contributed by atoms with van der Waals surface area (Å²) in [6, 6.07) is 11.2. The molecule has 3 nitrogen and oxygen atoms in total. The van der Waals surface area contributed by atoms with E-state index in [1.165, 1.54) is 11.8 Å². The fourth-order valence-corrected chi connectivity index (χ4v) is 2.44. The molecule has 0 aliphatic heterocycles. The van der Waals surface area contributed by atoms with Gasteiger partial charge in [0.2, 0.25) is 0 Å². The first-order valence-corrected chi connectivity index (χ1v) is 7.93. The van der Waals surface area contributed by atoms with E-state index in [1.54, 1.807) is 18.3 Å². The Bertz CT molecular complexity index is 523. The SMILES string of the molecule is O=C(CSc1ccc(Br)cc1)OCc1ccc(Cl)nc1. The van der Waals surface area contributed by atoms with Crippen LogP contribution in [0, 0.1) is 0 Å². The molecule has 0 fully saturated rings. The minimum atomic E-state index is -0.257. The van der Waals surface area contributed by atoms with E-state index < -0.39 is 0 Å². The van der Waals surface area contributed by atoms with Crippen molar-refractivity contribution >= 4 is 45.3 Å². The molecule has 0 amide bonds. The van der Waals surface area contributed by atoms with Gasteiger partial charge in [0, 0.05) is 21.1 Å². The second-order valence-corrected chi connectivity index (χ2v) is 6.24. The van der Waals surface area contributed by atoms with E-state index in [1.807, 2.05) is 24.3 Å². The van der Waals surface area contributed by atoms with Gasteiger partial charge in [0.15, 0.2) is 0 Å². The fraction of sp³-hybridized carbons (Fsp3) is 0.143. The molecule has 104 valence electrons. The van der Waals surface area contributed by atoms with Crippen molar-refractivity contribution in [2.75, 3.05) is 5.75 Å². The van der Waals surface area contributed by atoms with E-state index in [0.29, 0.717) is 5.15 Å². The summed E-state index contributed by atoms with van der Waals surface area (Å²) >= 11 is 10.5. The van der Waals surface area contributed by atoms with Crippen molar-refractivity contribution in [3.8, 4) is 0 Å². The van der Waals surface area contributed by atoms with Crippen LogP contribution in [-0.4, -0.2) is 16.7 Å². The number of hydrogen-bond donors (Lipinski definition) is 0. The average molecular weight is 373 g/mol. The number of ether oxygens (including phenoxy) is 1. The topological polar surface area (TPSA) is 39.2 Å². The predicted molar refractivity (Wildman–Crippen MR) is 83.9 cm³/mol. The zero-order valence-electron chi connectivity index (χ0n) is 10.4. The van der Waals surface area contributed by atoms with Crippen molar-refractivity contribution in [2.24, 2.45) is 0 Å². The van der Waals surface area contributed by atoms with E-state index in [2.05, 4.69) is 20.9 Å². The molecule has 0 radical (unpaired) electrons. The van der Waals surface area contributed by atoms with Crippen LogP contribution in [0.5, 0.6) is 0 Å². The maximum atomic E-state index is 11.6. The maximum Gasteiger partial charge on any atom is 0.316 e. The van der Waals surface area contributed by atoms with Gasteiger partial charge < -0.3 is 4.74 Å². The Morgan fingerprint density at radius 3 is 2.65 bits per heavy atom. The second kappa shape index (κ2) is 7.67. The first-order chi connectivity index (χ1) is 9.63. The lowest BCUT2D eigenvalue weighted by Crippen LogP contribution is -2.07. The standard InChI is InChI=1S/C14H11BrClNO2S/c15-11-2-4-12(5-3-11)20-9-14(18)19-8-10-1-6-13(16)17-7-10/h1-7H,8-9H2. The van der Waals surface area contributed by atoms with Crippen LogP contribution in [-0.2, 0) is 16.1 Å². The number of esters is 1. The molecule has 6 heteroatoms. The number of nitrogens with zero attached hydrogens (tertiary/aromatic N) is 1. The quantitative estimate of drug-likeness (QED) is 0.445. The largest absolute Gasteiger partial charge is 0.460 e. The number of carbonyl (C=O) groups is 1. The molecular weight excluding hydrogens is 362 g/mol. The highest BCUT2D eigenvalue weighted by molar-refractivity contribution is 9.10. The number of aromatic nitrogens is 1. The fourth-order valence-electron chi connectivity index (χ4n) is 1.37. The third kappa shape index (κ3) is 5.15. The molecular formula is C14H11BrClNO2S. The Kier molecular flexibility index (Phi) is 5.88. The lowest BCUT2D eigenvalue weighted by molar-refractivity contribution is -0.141. The molecule has 0 aliphatic rings. The first-order valence-electron chi connectivity index (χ1n) is 5.78. The van der Waals surface area contributed by atoms with Crippen LogP contribution in [0.4, 0.5) is 0 Å². The molecule has 1 aromatic carbocycles. The summed E-state index contributed by atoms with van der Waals surface area (Å²) in [5.74, 6) is 0.0238. The highest BCUT2D eigenvalue weighted by Crippen LogP contribution is 2.20. The molecule has 0 atom stereocenters. The number of hydrogen-bond acceptors (Lipinski definition) is 4. The zero-order chi connectivity index (χ0) is 14.4. The first kappa shape index (κ1) is 15.4. The second-order valence-electron chi connectivity index (χ2n) is 3.89. The van der Waals surface area contributed by atoms with Crippen molar-refractivity contribution in [1.29, 1.82) is 0 Å². The van der Waals surface area contributed by atoms with Crippen molar-refractivity contribution in [1.82, 2.24) is 4.98 Å². The van der Waals surface area contributed by atoms with E-state index in [-0.39, 0.29) is 18.3 Å². The molecule has 0 bridgehead atoms. The van der Waals surface area contributed by atoms with Gasteiger partial charge in [-0.15, -0.1) is 11.8 Å². The molecule has 0 unspecified atom stereocenters. The van der Waals surface area contributed by atoms with Crippen LogP contribution in [0.2, 0.25) is 5.15 Å². The summed E-state index contributed by atoms with van der Waals surface area (Å²) in [6.07, 6.45) is 1.59. The van der Waals surface area contributed by atoms with Gasteiger partial charge in [-0.1, -0.05) is 33.6 Å². The summed E-state index contributed by atoms with van der Waals surface area (Å²) in [6.45, 7) is 0.212. The number of halogens is 2. The monoisotopic (exact) mass is 371 g/mol. The normalized spacial score (nSPS) is 10.3. The molecule has 0 spiro atoms. The van der Waals surface area contributed by atoms with Gasteiger partial charge in [-0.2, -0.15) is 0 Å². The summed E-state index contributed by atoms with van der Waals surface area (Å²) in [5.41, 5.74) is 0.816. The lowest BCUT2D eigenvalue weighted by atomic mass is 10.3. The molecule has 0 saturated heterocycles. The van der Waals surface area contributed by atoms with Gasteiger partial charge in [-0.3, -0.25) is 4.79 Å². The van der Waals surface area contributed by atoms with Gasteiger partial charge in [-0.05, 0) is 30.3 Å². The Balaban J connectivity index is 1.75. The van der Waals surface area contributed by atoms with E-state index in [9.17, 15) is 4.79 Å². The number of thioether (sulfide) groups is 1. The number of benzene rings is 1. The molecule has 1 heterocycles. The van der Waals surface area contributed by atoms with E-state index >= 15 is 0 Å². The predicted octanol–water partition coefficient (Wildman–Crippen LogP) is 4.33. The molecule has 2 rings (SSSR count). The molecule has 0 aliphatic carbocycles. The molecule has 2 aromatic rings. The van der Waals surface area contributed by atoms with Crippen LogP contribution in [0.15, 0.2) is 52.0 Å². The van der Waals surface area contributed by atoms with E-state index in [4.69, 9.17) is 16.3 Å². The van der Waals surface area contributed by atoms with Crippen LogP contribution < -0.4 is 0 Å². The highest BCUT2D eigenvalue weighted by Gasteiger charge is 2.05. The zero-order valence-corrected chi connectivity index (χ0v) is 13.5. The Labute approximate surface area is 134 Å². The maximum absolute atomic E-state index is 11.6. The molecule has 1 aromatic heterocycles. The Morgan fingerprint density at radius 2 is 2.00 bits per heavy atom. The minimum absolute atomic E-state index is 0.212.